The molecular formula is C10H11F3N2. The molecule has 1 aromatic heterocycles. The minimum absolute atomic E-state index is 0.410. The van der Waals surface area contributed by atoms with Gasteiger partial charge in [-0.05, 0) is 13.0 Å². The Morgan fingerprint density at radius 3 is 2.67 bits per heavy atom. The smallest absolute Gasteiger partial charge is 0.282 e. The average Bonchev–Trinajstić information content (AvgIpc) is 2.60. The van der Waals surface area contributed by atoms with Crippen LogP contribution in [0.15, 0.2) is 30.4 Å². The first-order valence-electron chi connectivity index (χ1n) is 4.43. The molecule has 1 heterocycles. The molecule has 0 radical (unpaired) electrons. The Balaban J connectivity index is 2.61. The van der Waals surface area contributed by atoms with Gasteiger partial charge in [0.1, 0.15) is 0 Å². The third kappa shape index (κ3) is 3.61. The fraction of sp³-hybridized carbons (Fsp3) is 0.300. The average molecular weight is 216 g/mol. The maximum Gasteiger partial charge on any atom is 0.435 e. The van der Waals surface area contributed by atoms with E-state index < -0.39 is 11.9 Å². The molecule has 0 saturated heterocycles. The van der Waals surface area contributed by atoms with Crippen molar-refractivity contribution in [2.45, 2.75) is 19.5 Å². The summed E-state index contributed by atoms with van der Waals surface area (Å²) in [5, 5.41) is 5.53. The Bertz CT molecular complexity index is 361. The highest BCUT2D eigenvalue weighted by atomic mass is 19.4. The minimum atomic E-state index is -4.37. The lowest BCUT2D eigenvalue weighted by Crippen LogP contribution is -2.04. The van der Waals surface area contributed by atoms with Gasteiger partial charge in [0.2, 0.25) is 0 Å². The monoisotopic (exact) mass is 216 g/mol. The van der Waals surface area contributed by atoms with Crippen LogP contribution in [0, 0.1) is 0 Å². The van der Waals surface area contributed by atoms with Crippen LogP contribution in [0.1, 0.15) is 18.3 Å². The molecule has 0 bridgehead atoms. The second-order valence-electron chi connectivity index (χ2n) is 2.93. The number of hydrogen-bond donors (Lipinski definition) is 1. The van der Waals surface area contributed by atoms with Crippen molar-refractivity contribution in [1.29, 1.82) is 0 Å². The second kappa shape index (κ2) is 4.82. The van der Waals surface area contributed by atoms with Crippen LogP contribution in [-0.4, -0.2) is 10.2 Å². The summed E-state index contributed by atoms with van der Waals surface area (Å²) in [5.74, 6) is 0. The van der Waals surface area contributed by atoms with E-state index in [1.54, 1.807) is 18.2 Å². The standard InChI is InChI=1S/C10H11F3N2/c1-2-3-4-5-6-8-7-9(15-14-8)10(11,12)13/h2-5,7H,6H2,1H3,(H,14,15)/b3-2-,5-4-. The van der Waals surface area contributed by atoms with Gasteiger partial charge in [-0.25, -0.2) is 0 Å². The van der Waals surface area contributed by atoms with Crippen molar-refractivity contribution in [1.82, 2.24) is 10.2 Å². The van der Waals surface area contributed by atoms with Crippen LogP contribution in [0.3, 0.4) is 0 Å². The van der Waals surface area contributed by atoms with Crippen molar-refractivity contribution in [3.63, 3.8) is 0 Å². The summed E-state index contributed by atoms with van der Waals surface area (Å²) in [6, 6.07) is 1.01. The number of aromatic amines is 1. The lowest BCUT2D eigenvalue weighted by Gasteiger charge is -1.98. The molecule has 1 aromatic rings. The summed E-state index contributed by atoms with van der Waals surface area (Å²) in [6.07, 6.45) is 3.21. The number of nitrogens with one attached hydrogen (secondary N) is 1. The highest BCUT2D eigenvalue weighted by Gasteiger charge is 2.33. The number of nitrogens with zero attached hydrogens (tertiary/aromatic N) is 1. The molecule has 0 saturated carbocycles. The van der Waals surface area contributed by atoms with Crippen molar-refractivity contribution >= 4 is 0 Å². The van der Waals surface area contributed by atoms with Gasteiger partial charge in [-0.3, -0.25) is 5.10 Å². The zero-order valence-electron chi connectivity index (χ0n) is 8.17. The molecule has 0 atom stereocenters. The molecule has 2 nitrogen and oxygen atoms in total. The highest BCUT2D eigenvalue weighted by molar-refractivity contribution is 5.15. The van der Waals surface area contributed by atoms with E-state index in [0.717, 1.165) is 6.07 Å². The zero-order chi connectivity index (χ0) is 11.3. The maximum absolute atomic E-state index is 12.1. The summed E-state index contributed by atoms with van der Waals surface area (Å²) < 4.78 is 36.4. The predicted octanol–water partition coefficient (Wildman–Crippen LogP) is 3.10. The molecule has 15 heavy (non-hydrogen) atoms. The van der Waals surface area contributed by atoms with Gasteiger partial charge in [0.05, 0.1) is 0 Å². The normalized spacial score (nSPS) is 13.1. The number of H-pyrrole nitrogens is 1. The number of rotatable bonds is 3. The largest absolute Gasteiger partial charge is 0.435 e. The van der Waals surface area contributed by atoms with E-state index in [1.165, 1.54) is 0 Å². The van der Waals surface area contributed by atoms with Gasteiger partial charge in [0.15, 0.2) is 5.69 Å². The van der Waals surface area contributed by atoms with Crippen molar-refractivity contribution in [3.8, 4) is 0 Å². The first kappa shape index (κ1) is 11.6. The van der Waals surface area contributed by atoms with Gasteiger partial charge in [-0.15, -0.1) is 0 Å². The lowest BCUT2D eigenvalue weighted by atomic mass is 10.2. The van der Waals surface area contributed by atoms with Gasteiger partial charge in [0.25, 0.3) is 0 Å². The molecule has 5 heteroatoms. The van der Waals surface area contributed by atoms with E-state index in [9.17, 15) is 13.2 Å². The molecule has 0 amide bonds. The summed E-state index contributed by atoms with van der Waals surface area (Å²) in [4.78, 5) is 0. The first-order valence-corrected chi connectivity index (χ1v) is 4.43. The Morgan fingerprint density at radius 2 is 2.13 bits per heavy atom. The molecule has 0 spiro atoms. The molecule has 0 unspecified atom stereocenters. The Morgan fingerprint density at radius 1 is 1.40 bits per heavy atom. The minimum Gasteiger partial charge on any atom is -0.282 e. The Labute approximate surface area is 85.5 Å². The van der Waals surface area contributed by atoms with E-state index in [4.69, 9.17) is 0 Å². The third-order valence-corrected chi connectivity index (χ3v) is 1.70. The summed E-state index contributed by atoms with van der Waals surface area (Å²) in [7, 11) is 0. The number of alkyl halides is 3. The van der Waals surface area contributed by atoms with Crippen LogP contribution >= 0.6 is 0 Å². The van der Waals surface area contributed by atoms with E-state index in [1.807, 2.05) is 13.0 Å². The van der Waals surface area contributed by atoms with Gasteiger partial charge < -0.3 is 0 Å². The topological polar surface area (TPSA) is 28.7 Å². The number of aromatic nitrogens is 2. The SMILES string of the molecule is C/C=C\C=C/Cc1cc(C(F)(F)F)n[nH]1. The van der Waals surface area contributed by atoms with Crippen molar-refractivity contribution < 1.29 is 13.2 Å². The van der Waals surface area contributed by atoms with Crippen LogP contribution in [-0.2, 0) is 12.6 Å². The molecule has 0 aliphatic heterocycles. The van der Waals surface area contributed by atoms with Gasteiger partial charge >= 0.3 is 6.18 Å². The molecule has 82 valence electrons. The second-order valence-corrected chi connectivity index (χ2v) is 2.93. The molecule has 0 aromatic carbocycles. The predicted molar refractivity (Wildman–Crippen MR) is 51.2 cm³/mol. The number of halogens is 3. The molecule has 0 aliphatic rings. The van der Waals surface area contributed by atoms with E-state index in [-0.39, 0.29) is 0 Å². The quantitative estimate of drug-likeness (QED) is 0.772. The summed E-state index contributed by atoms with van der Waals surface area (Å²) >= 11 is 0. The van der Waals surface area contributed by atoms with Crippen LogP contribution in [0.4, 0.5) is 13.2 Å². The lowest BCUT2D eigenvalue weighted by molar-refractivity contribution is -0.141. The highest BCUT2D eigenvalue weighted by Crippen LogP contribution is 2.27. The molecule has 0 aliphatic carbocycles. The van der Waals surface area contributed by atoms with Crippen LogP contribution in [0.2, 0.25) is 0 Å². The van der Waals surface area contributed by atoms with Gasteiger partial charge in [0, 0.05) is 12.1 Å². The Hall–Kier alpha value is -1.52. The van der Waals surface area contributed by atoms with Crippen molar-refractivity contribution in [3.05, 3.63) is 41.8 Å². The number of hydrogen-bond acceptors (Lipinski definition) is 1. The maximum atomic E-state index is 12.1. The molecule has 1 rings (SSSR count). The van der Waals surface area contributed by atoms with Crippen molar-refractivity contribution in [2.24, 2.45) is 0 Å². The van der Waals surface area contributed by atoms with Gasteiger partial charge in [-0.1, -0.05) is 24.3 Å². The zero-order valence-corrected chi connectivity index (χ0v) is 8.17. The number of allylic oxidation sites excluding steroid dienone is 4. The Kier molecular flexibility index (Phi) is 3.71. The fourth-order valence-corrected chi connectivity index (χ4v) is 0.996. The molecular weight excluding hydrogens is 205 g/mol. The third-order valence-electron chi connectivity index (χ3n) is 1.70. The first-order chi connectivity index (χ1) is 7.04. The van der Waals surface area contributed by atoms with E-state index in [2.05, 4.69) is 10.2 Å². The van der Waals surface area contributed by atoms with Gasteiger partial charge in [-0.2, -0.15) is 18.3 Å². The van der Waals surface area contributed by atoms with Crippen LogP contribution in [0.5, 0.6) is 0 Å². The van der Waals surface area contributed by atoms with E-state index in [0.29, 0.717) is 12.1 Å². The van der Waals surface area contributed by atoms with Crippen LogP contribution in [0.25, 0.3) is 0 Å². The van der Waals surface area contributed by atoms with Crippen LogP contribution < -0.4 is 0 Å². The fourth-order valence-electron chi connectivity index (χ4n) is 0.996. The summed E-state index contributed by atoms with van der Waals surface area (Å²) in [5.41, 5.74) is -0.431. The molecule has 0 fully saturated rings. The molecule has 1 N–H and O–H groups in total. The van der Waals surface area contributed by atoms with Crippen molar-refractivity contribution in [2.75, 3.05) is 0 Å². The summed E-state index contributed by atoms with van der Waals surface area (Å²) in [6.45, 7) is 1.86. The van der Waals surface area contributed by atoms with E-state index >= 15 is 0 Å².